The van der Waals surface area contributed by atoms with Crippen LogP contribution in [0, 0.1) is 0 Å². The maximum absolute atomic E-state index is 12.8. The third-order valence-corrected chi connectivity index (χ3v) is 4.86. The summed E-state index contributed by atoms with van der Waals surface area (Å²) in [5.74, 6) is -0.359. The van der Waals surface area contributed by atoms with E-state index >= 15 is 0 Å². The largest absolute Gasteiger partial charge is 0.351 e. The fraction of sp³-hybridized carbons (Fsp3) is 0.348. The van der Waals surface area contributed by atoms with Crippen molar-refractivity contribution in [3.8, 4) is 0 Å². The number of carbonyl (C=O) groups excluding carboxylic acids is 2. The Morgan fingerprint density at radius 3 is 2.03 bits per heavy atom. The van der Waals surface area contributed by atoms with E-state index in [4.69, 9.17) is 4.98 Å². The molecule has 0 radical (unpaired) electrons. The fourth-order valence-corrected chi connectivity index (χ4v) is 3.22. The lowest BCUT2D eigenvalue weighted by molar-refractivity contribution is 0.0941. The number of amides is 2. The first-order chi connectivity index (χ1) is 14.4. The first-order valence-electron chi connectivity index (χ1n) is 10.0. The molecule has 7 heteroatoms. The summed E-state index contributed by atoms with van der Waals surface area (Å²) in [4.78, 5) is 34.4. The molecule has 0 aliphatic rings. The van der Waals surface area contributed by atoms with Crippen molar-refractivity contribution in [2.24, 2.45) is 0 Å². The van der Waals surface area contributed by atoms with Crippen molar-refractivity contribution < 1.29 is 9.59 Å². The fourth-order valence-electron chi connectivity index (χ4n) is 3.22. The lowest BCUT2D eigenvalue weighted by atomic mass is 10.0. The van der Waals surface area contributed by atoms with Crippen LogP contribution in [-0.4, -0.2) is 81.0 Å². The second-order valence-electron chi connectivity index (χ2n) is 7.86. The van der Waals surface area contributed by atoms with E-state index in [0.717, 1.165) is 24.0 Å². The zero-order valence-electron chi connectivity index (χ0n) is 18.0. The summed E-state index contributed by atoms with van der Waals surface area (Å²) >= 11 is 0. The number of pyridine rings is 1. The van der Waals surface area contributed by atoms with Crippen LogP contribution in [0.1, 0.15) is 20.7 Å². The zero-order valence-corrected chi connectivity index (χ0v) is 18.0. The van der Waals surface area contributed by atoms with Crippen LogP contribution in [0.2, 0.25) is 0 Å². The minimum Gasteiger partial charge on any atom is -0.351 e. The number of hydrogen-bond acceptors (Lipinski definition) is 5. The molecule has 2 amide bonds. The molecule has 0 saturated heterocycles. The maximum atomic E-state index is 12.8. The lowest BCUT2D eigenvalue weighted by Crippen LogP contribution is -2.32. The number of nitrogens with zero attached hydrogens (tertiary/aromatic N) is 3. The van der Waals surface area contributed by atoms with Crippen LogP contribution < -0.4 is 10.6 Å². The molecular formula is C23H29N5O2. The van der Waals surface area contributed by atoms with E-state index in [1.807, 2.05) is 68.3 Å². The Labute approximate surface area is 177 Å². The van der Waals surface area contributed by atoms with Gasteiger partial charge in [0, 0.05) is 42.5 Å². The van der Waals surface area contributed by atoms with Crippen LogP contribution in [-0.2, 0) is 0 Å². The van der Waals surface area contributed by atoms with Crippen LogP contribution in [0.15, 0.2) is 42.5 Å². The summed E-state index contributed by atoms with van der Waals surface area (Å²) in [7, 11) is 7.83. The van der Waals surface area contributed by atoms with Gasteiger partial charge in [-0.15, -0.1) is 0 Å². The smallest absolute Gasteiger partial charge is 0.253 e. The van der Waals surface area contributed by atoms with Crippen LogP contribution in [0.5, 0.6) is 0 Å². The Hall–Kier alpha value is -3.03. The van der Waals surface area contributed by atoms with Gasteiger partial charge < -0.3 is 20.4 Å². The molecule has 7 nitrogen and oxygen atoms in total. The second-order valence-corrected chi connectivity index (χ2v) is 7.86. The van der Waals surface area contributed by atoms with Crippen molar-refractivity contribution in [1.82, 2.24) is 25.4 Å². The number of rotatable bonds is 8. The standard InChI is InChI=1S/C23H29N5O2/c1-27(2)13-11-24-22(29)17-9-10-18(23(30)25-12-14-28(3)4)21-19(17)15-16-7-5-6-8-20(16)26-21/h5-10,15H,11-14H2,1-4H3,(H,24,29)(H,25,30). The maximum Gasteiger partial charge on any atom is 0.253 e. The van der Waals surface area contributed by atoms with Crippen LogP contribution in [0.25, 0.3) is 21.8 Å². The van der Waals surface area contributed by atoms with Gasteiger partial charge in [-0.3, -0.25) is 9.59 Å². The van der Waals surface area contributed by atoms with Gasteiger partial charge in [0.2, 0.25) is 0 Å². The molecule has 158 valence electrons. The van der Waals surface area contributed by atoms with Gasteiger partial charge >= 0.3 is 0 Å². The van der Waals surface area contributed by atoms with Gasteiger partial charge in [0.25, 0.3) is 11.8 Å². The Morgan fingerprint density at radius 2 is 1.40 bits per heavy atom. The minimum atomic E-state index is -0.191. The van der Waals surface area contributed by atoms with Crippen molar-refractivity contribution in [3.05, 3.63) is 53.6 Å². The number of likely N-dealkylation sites (N-methyl/N-ethyl adjacent to an activating group) is 2. The zero-order chi connectivity index (χ0) is 21.7. The quantitative estimate of drug-likeness (QED) is 0.559. The normalized spacial score (nSPS) is 11.4. The van der Waals surface area contributed by atoms with E-state index in [-0.39, 0.29) is 11.8 Å². The van der Waals surface area contributed by atoms with Gasteiger partial charge in [0.05, 0.1) is 16.6 Å². The number of aromatic nitrogens is 1. The Kier molecular flexibility index (Phi) is 6.97. The molecule has 0 aliphatic carbocycles. The second kappa shape index (κ2) is 9.65. The van der Waals surface area contributed by atoms with Crippen LogP contribution >= 0.6 is 0 Å². The molecule has 3 aromatic rings. The van der Waals surface area contributed by atoms with E-state index in [2.05, 4.69) is 10.6 Å². The molecule has 0 bridgehead atoms. The molecule has 0 aliphatic heterocycles. The van der Waals surface area contributed by atoms with E-state index in [0.29, 0.717) is 35.1 Å². The van der Waals surface area contributed by atoms with E-state index in [9.17, 15) is 9.59 Å². The van der Waals surface area contributed by atoms with Crippen molar-refractivity contribution in [3.63, 3.8) is 0 Å². The molecule has 3 rings (SSSR count). The van der Waals surface area contributed by atoms with E-state index < -0.39 is 0 Å². The third-order valence-electron chi connectivity index (χ3n) is 4.86. The average Bonchev–Trinajstić information content (AvgIpc) is 2.70. The molecule has 0 spiro atoms. The average molecular weight is 408 g/mol. The summed E-state index contributed by atoms with van der Waals surface area (Å²) in [6, 6.07) is 13.1. The highest BCUT2D eigenvalue weighted by molar-refractivity contribution is 6.14. The van der Waals surface area contributed by atoms with E-state index in [1.54, 1.807) is 12.1 Å². The molecular weight excluding hydrogens is 378 g/mol. The number of carbonyl (C=O) groups is 2. The van der Waals surface area contributed by atoms with Crippen LogP contribution in [0.3, 0.4) is 0 Å². The summed E-state index contributed by atoms with van der Waals surface area (Å²) in [6.45, 7) is 2.57. The molecule has 0 fully saturated rings. The topological polar surface area (TPSA) is 77.6 Å². The summed E-state index contributed by atoms with van der Waals surface area (Å²) < 4.78 is 0. The van der Waals surface area contributed by atoms with Crippen molar-refractivity contribution >= 4 is 33.6 Å². The van der Waals surface area contributed by atoms with Gasteiger partial charge in [0.15, 0.2) is 0 Å². The molecule has 1 aromatic heterocycles. The van der Waals surface area contributed by atoms with Crippen LogP contribution in [0.4, 0.5) is 0 Å². The Morgan fingerprint density at radius 1 is 0.833 bits per heavy atom. The van der Waals surface area contributed by atoms with E-state index in [1.165, 1.54) is 0 Å². The SMILES string of the molecule is CN(C)CCNC(=O)c1ccc(C(=O)NCCN(C)C)c2nc3ccccc3cc12. The van der Waals surface area contributed by atoms with Gasteiger partial charge in [-0.05, 0) is 52.5 Å². The molecule has 2 aromatic carbocycles. The molecule has 30 heavy (non-hydrogen) atoms. The third kappa shape index (κ3) is 5.11. The minimum absolute atomic E-state index is 0.168. The predicted molar refractivity (Wildman–Crippen MR) is 121 cm³/mol. The van der Waals surface area contributed by atoms with Gasteiger partial charge in [-0.2, -0.15) is 0 Å². The molecule has 0 saturated carbocycles. The van der Waals surface area contributed by atoms with Crippen molar-refractivity contribution in [2.45, 2.75) is 0 Å². The highest BCUT2D eigenvalue weighted by atomic mass is 16.2. The number of hydrogen-bond donors (Lipinski definition) is 2. The number of benzene rings is 2. The van der Waals surface area contributed by atoms with Crippen molar-refractivity contribution in [2.75, 3.05) is 54.4 Å². The number of para-hydroxylation sites is 1. The highest BCUT2D eigenvalue weighted by Crippen LogP contribution is 2.26. The Balaban J connectivity index is 2.01. The summed E-state index contributed by atoms with van der Waals surface area (Å²) in [5, 5.41) is 7.50. The molecule has 2 N–H and O–H groups in total. The van der Waals surface area contributed by atoms with Gasteiger partial charge in [0.1, 0.15) is 0 Å². The first kappa shape index (κ1) is 21.7. The number of fused-ring (bicyclic) bond motifs is 2. The summed E-state index contributed by atoms with van der Waals surface area (Å²) in [5.41, 5.74) is 2.32. The highest BCUT2D eigenvalue weighted by Gasteiger charge is 2.18. The van der Waals surface area contributed by atoms with Gasteiger partial charge in [-0.25, -0.2) is 4.98 Å². The monoisotopic (exact) mass is 407 g/mol. The molecule has 0 atom stereocenters. The molecule has 1 heterocycles. The summed E-state index contributed by atoms with van der Waals surface area (Å²) in [6.07, 6.45) is 0. The lowest BCUT2D eigenvalue weighted by Gasteiger charge is -2.14. The van der Waals surface area contributed by atoms with Crippen molar-refractivity contribution in [1.29, 1.82) is 0 Å². The molecule has 0 unspecified atom stereocenters. The number of nitrogens with one attached hydrogen (secondary N) is 2. The predicted octanol–water partition coefficient (Wildman–Crippen LogP) is 1.97. The Bertz CT molecular complexity index is 978. The first-order valence-corrected chi connectivity index (χ1v) is 10.0. The van der Waals surface area contributed by atoms with Gasteiger partial charge in [-0.1, -0.05) is 18.2 Å².